The molecular formula is C16H22O2. The Balaban J connectivity index is 2.03. The summed E-state index contributed by atoms with van der Waals surface area (Å²) in [6.45, 7) is 6.48. The number of ether oxygens (including phenoxy) is 1. The first-order chi connectivity index (χ1) is 8.48. The Bertz CT molecular complexity index is 442. The number of aliphatic hydroxyl groups is 1. The molecule has 2 fully saturated rings. The summed E-state index contributed by atoms with van der Waals surface area (Å²) in [6, 6.07) is 10.6. The summed E-state index contributed by atoms with van der Waals surface area (Å²) < 4.78 is 6.34. The molecule has 2 saturated heterocycles. The van der Waals surface area contributed by atoms with Crippen LogP contribution in [0.1, 0.15) is 45.1 Å². The van der Waals surface area contributed by atoms with Gasteiger partial charge in [-0.15, -0.1) is 0 Å². The molecule has 2 aliphatic rings. The Kier molecular flexibility index (Phi) is 2.58. The summed E-state index contributed by atoms with van der Waals surface area (Å²) in [5.74, 6) is 0.828. The van der Waals surface area contributed by atoms with E-state index in [1.165, 1.54) is 5.56 Å². The van der Waals surface area contributed by atoms with Gasteiger partial charge in [0.05, 0.1) is 17.3 Å². The second kappa shape index (κ2) is 3.82. The SMILES string of the molecule is CC(C)[C@]12C[C@@H](O)[C@](C)(CC1c1ccccc1)O2. The van der Waals surface area contributed by atoms with Crippen molar-refractivity contribution in [3.05, 3.63) is 35.9 Å². The van der Waals surface area contributed by atoms with Crippen LogP contribution in [0, 0.1) is 5.92 Å². The van der Waals surface area contributed by atoms with Crippen molar-refractivity contribution in [2.75, 3.05) is 0 Å². The fourth-order valence-corrected chi connectivity index (χ4v) is 3.87. The maximum absolute atomic E-state index is 10.2. The van der Waals surface area contributed by atoms with Crippen molar-refractivity contribution in [1.29, 1.82) is 0 Å². The van der Waals surface area contributed by atoms with Crippen LogP contribution in [0.3, 0.4) is 0 Å². The van der Waals surface area contributed by atoms with Crippen LogP contribution in [0.25, 0.3) is 0 Å². The lowest BCUT2D eigenvalue weighted by Crippen LogP contribution is -2.42. The largest absolute Gasteiger partial charge is 0.390 e. The number of benzene rings is 1. The summed E-state index contributed by atoms with van der Waals surface area (Å²) >= 11 is 0. The molecule has 0 radical (unpaired) electrons. The Hall–Kier alpha value is -0.860. The van der Waals surface area contributed by atoms with E-state index in [1.54, 1.807) is 0 Å². The van der Waals surface area contributed by atoms with Crippen molar-refractivity contribution >= 4 is 0 Å². The van der Waals surface area contributed by atoms with E-state index < -0.39 is 0 Å². The second-order valence-corrected chi connectivity index (χ2v) is 6.41. The average molecular weight is 246 g/mol. The minimum atomic E-state index is -0.356. The lowest BCUT2D eigenvalue weighted by molar-refractivity contribution is -0.0830. The Morgan fingerprint density at radius 1 is 1.22 bits per heavy atom. The van der Waals surface area contributed by atoms with E-state index in [0.29, 0.717) is 11.8 Å². The topological polar surface area (TPSA) is 29.5 Å². The molecule has 1 aromatic carbocycles. The molecule has 2 bridgehead atoms. The van der Waals surface area contributed by atoms with E-state index in [4.69, 9.17) is 4.74 Å². The van der Waals surface area contributed by atoms with E-state index in [0.717, 1.165) is 12.8 Å². The molecular weight excluding hydrogens is 224 g/mol. The average Bonchev–Trinajstić information content (AvgIpc) is 2.79. The zero-order valence-corrected chi connectivity index (χ0v) is 11.4. The number of fused-ring (bicyclic) bond motifs is 2. The highest BCUT2D eigenvalue weighted by Gasteiger charge is 2.65. The van der Waals surface area contributed by atoms with Gasteiger partial charge in [0.25, 0.3) is 0 Å². The van der Waals surface area contributed by atoms with Gasteiger partial charge >= 0.3 is 0 Å². The van der Waals surface area contributed by atoms with E-state index in [-0.39, 0.29) is 17.3 Å². The molecule has 1 N–H and O–H groups in total. The van der Waals surface area contributed by atoms with Gasteiger partial charge in [-0.3, -0.25) is 0 Å². The highest BCUT2D eigenvalue weighted by Crippen LogP contribution is 2.60. The van der Waals surface area contributed by atoms with Crippen LogP contribution < -0.4 is 0 Å². The van der Waals surface area contributed by atoms with Crippen LogP contribution in [-0.4, -0.2) is 22.4 Å². The third kappa shape index (κ3) is 1.49. The molecule has 0 spiro atoms. The highest BCUT2D eigenvalue weighted by molar-refractivity contribution is 5.30. The number of aliphatic hydroxyl groups excluding tert-OH is 1. The molecule has 2 nitrogen and oxygen atoms in total. The van der Waals surface area contributed by atoms with Crippen LogP contribution in [-0.2, 0) is 4.74 Å². The molecule has 0 aromatic heterocycles. The van der Waals surface area contributed by atoms with Gasteiger partial charge in [0.2, 0.25) is 0 Å². The first-order valence-corrected chi connectivity index (χ1v) is 6.91. The van der Waals surface area contributed by atoms with Gasteiger partial charge < -0.3 is 9.84 Å². The Morgan fingerprint density at radius 2 is 1.89 bits per heavy atom. The third-order valence-corrected chi connectivity index (χ3v) is 5.02. The smallest absolute Gasteiger partial charge is 0.0928 e. The van der Waals surface area contributed by atoms with Gasteiger partial charge in [0, 0.05) is 12.3 Å². The number of rotatable bonds is 2. The fourth-order valence-electron chi connectivity index (χ4n) is 3.87. The van der Waals surface area contributed by atoms with Crippen molar-refractivity contribution in [3.63, 3.8) is 0 Å². The van der Waals surface area contributed by atoms with Crippen molar-refractivity contribution in [3.8, 4) is 0 Å². The summed E-state index contributed by atoms with van der Waals surface area (Å²) in [5, 5.41) is 10.2. The first-order valence-electron chi connectivity index (χ1n) is 6.91. The minimum absolute atomic E-state index is 0.185. The summed E-state index contributed by atoms with van der Waals surface area (Å²) in [4.78, 5) is 0. The molecule has 4 atom stereocenters. The van der Waals surface area contributed by atoms with Crippen molar-refractivity contribution < 1.29 is 9.84 Å². The van der Waals surface area contributed by atoms with Crippen LogP contribution in [0.5, 0.6) is 0 Å². The zero-order chi connectivity index (χ0) is 13.0. The molecule has 2 aliphatic heterocycles. The quantitative estimate of drug-likeness (QED) is 0.869. The lowest BCUT2D eigenvalue weighted by atomic mass is 9.66. The zero-order valence-electron chi connectivity index (χ0n) is 11.4. The predicted molar refractivity (Wildman–Crippen MR) is 71.5 cm³/mol. The molecule has 98 valence electrons. The van der Waals surface area contributed by atoms with Gasteiger partial charge in [0.15, 0.2) is 0 Å². The van der Waals surface area contributed by atoms with Gasteiger partial charge in [0.1, 0.15) is 0 Å². The van der Waals surface area contributed by atoms with Gasteiger partial charge in [-0.25, -0.2) is 0 Å². The number of hydrogen-bond acceptors (Lipinski definition) is 2. The summed E-state index contributed by atoms with van der Waals surface area (Å²) in [6.07, 6.45) is 1.37. The molecule has 0 amide bonds. The van der Waals surface area contributed by atoms with Gasteiger partial charge in [-0.05, 0) is 24.8 Å². The maximum atomic E-state index is 10.2. The summed E-state index contributed by atoms with van der Waals surface area (Å²) in [7, 11) is 0. The first kappa shape index (κ1) is 12.2. The normalized spacial score (nSPS) is 42.7. The molecule has 0 saturated carbocycles. The van der Waals surface area contributed by atoms with E-state index in [1.807, 2.05) is 0 Å². The van der Waals surface area contributed by atoms with Crippen molar-refractivity contribution in [2.45, 2.75) is 56.8 Å². The van der Waals surface area contributed by atoms with Crippen molar-refractivity contribution in [2.24, 2.45) is 5.92 Å². The maximum Gasteiger partial charge on any atom is 0.0928 e. The monoisotopic (exact) mass is 246 g/mol. The number of hydrogen-bond donors (Lipinski definition) is 1. The van der Waals surface area contributed by atoms with E-state index in [2.05, 4.69) is 51.1 Å². The Labute approximate surface area is 109 Å². The molecule has 1 unspecified atom stereocenters. The lowest BCUT2D eigenvalue weighted by Gasteiger charge is -2.37. The third-order valence-electron chi connectivity index (χ3n) is 5.02. The highest BCUT2D eigenvalue weighted by atomic mass is 16.6. The van der Waals surface area contributed by atoms with Crippen LogP contribution in [0.2, 0.25) is 0 Å². The van der Waals surface area contributed by atoms with Gasteiger partial charge in [-0.1, -0.05) is 44.2 Å². The summed E-state index contributed by atoms with van der Waals surface area (Å²) in [5.41, 5.74) is 0.808. The minimum Gasteiger partial charge on any atom is -0.390 e. The van der Waals surface area contributed by atoms with Crippen LogP contribution in [0.15, 0.2) is 30.3 Å². The van der Waals surface area contributed by atoms with E-state index >= 15 is 0 Å². The standard InChI is InChI=1S/C16H22O2/c1-11(2)16-10-14(17)15(3,18-16)9-13(16)12-7-5-4-6-8-12/h4-8,11,13-14,17H,9-10H2,1-3H3/t13?,14-,15+,16-/m1/s1. The van der Waals surface area contributed by atoms with Crippen LogP contribution >= 0.6 is 0 Å². The predicted octanol–water partition coefficient (Wildman–Crippen LogP) is 3.11. The molecule has 0 aliphatic carbocycles. The van der Waals surface area contributed by atoms with E-state index in [9.17, 15) is 5.11 Å². The molecule has 3 rings (SSSR count). The van der Waals surface area contributed by atoms with Crippen LogP contribution in [0.4, 0.5) is 0 Å². The molecule has 18 heavy (non-hydrogen) atoms. The van der Waals surface area contributed by atoms with Crippen molar-refractivity contribution in [1.82, 2.24) is 0 Å². The fraction of sp³-hybridized carbons (Fsp3) is 0.625. The second-order valence-electron chi connectivity index (χ2n) is 6.41. The molecule has 2 heterocycles. The molecule has 1 aromatic rings. The molecule has 2 heteroatoms. The Morgan fingerprint density at radius 3 is 2.44 bits per heavy atom. The van der Waals surface area contributed by atoms with Gasteiger partial charge in [-0.2, -0.15) is 0 Å².